The third-order valence-electron chi connectivity index (χ3n) is 4.48. The van der Waals surface area contributed by atoms with Gasteiger partial charge in [0.25, 0.3) is 5.91 Å². The van der Waals surface area contributed by atoms with Crippen LogP contribution in [0, 0.1) is 18.6 Å². The number of anilines is 1. The van der Waals surface area contributed by atoms with Crippen LogP contribution >= 0.6 is 11.8 Å². The maximum Gasteiger partial charge on any atom is 0.254 e. The van der Waals surface area contributed by atoms with Crippen LogP contribution in [-0.2, 0) is 11.3 Å². The summed E-state index contributed by atoms with van der Waals surface area (Å²) < 4.78 is 33.7. The summed E-state index contributed by atoms with van der Waals surface area (Å²) in [6.45, 7) is 5.86. The molecular formula is C20H23F2N3O2S. The Morgan fingerprint density at radius 3 is 2.75 bits per heavy atom. The van der Waals surface area contributed by atoms with E-state index < -0.39 is 11.7 Å². The normalized spacial score (nSPS) is 14.2. The van der Waals surface area contributed by atoms with Crippen molar-refractivity contribution in [2.75, 3.05) is 37.0 Å². The molecule has 0 saturated carbocycles. The fourth-order valence-electron chi connectivity index (χ4n) is 3.05. The molecule has 1 aromatic carbocycles. The molecule has 0 spiro atoms. The van der Waals surface area contributed by atoms with Crippen molar-refractivity contribution in [3.63, 3.8) is 0 Å². The SMILES string of the molecule is CCSc1nc(N2CCOCC2)c(F)c(C)c1C(=O)NCc1cccc(F)c1. The van der Waals surface area contributed by atoms with Crippen LogP contribution in [0.25, 0.3) is 0 Å². The number of carbonyl (C=O) groups is 1. The Morgan fingerprint density at radius 2 is 2.07 bits per heavy atom. The van der Waals surface area contributed by atoms with Gasteiger partial charge in [0.15, 0.2) is 11.6 Å². The number of hydrogen-bond donors (Lipinski definition) is 1. The number of morpholine rings is 1. The number of amides is 1. The molecule has 0 atom stereocenters. The van der Waals surface area contributed by atoms with E-state index in [0.717, 1.165) is 0 Å². The van der Waals surface area contributed by atoms with Crippen LogP contribution in [0.2, 0.25) is 0 Å². The fourth-order valence-corrected chi connectivity index (χ4v) is 3.86. The van der Waals surface area contributed by atoms with Gasteiger partial charge in [0, 0.05) is 25.2 Å². The molecular weight excluding hydrogens is 384 g/mol. The lowest BCUT2D eigenvalue weighted by atomic mass is 10.1. The molecule has 1 aliphatic rings. The van der Waals surface area contributed by atoms with Gasteiger partial charge in [-0.1, -0.05) is 19.1 Å². The Morgan fingerprint density at radius 1 is 1.32 bits per heavy atom. The summed E-state index contributed by atoms with van der Waals surface area (Å²) in [6.07, 6.45) is 0. The molecule has 150 valence electrons. The monoisotopic (exact) mass is 407 g/mol. The number of aromatic nitrogens is 1. The quantitative estimate of drug-likeness (QED) is 0.743. The van der Waals surface area contributed by atoms with Crippen LogP contribution in [0.4, 0.5) is 14.6 Å². The molecule has 0 bridgehead atoms. The highest BCUT2D eigenvalue weighted by atomic mass is 32.2. The molecule has 2 heterocycles. The van der Waals surface area contributed by atoms with E-state index in [2.05, 4.69) is 10.3 Å². The maximum atomic E-state index is 15.1. The Labute approximate surface area is 167 Å². The molecule has 3 rings (SSSR count). The molecule has 1 amide bonds. The second kappa shape index (κ2) is 9.34. The minimum Gasteiger partial charge on any atom is -0.378 e. The van der Waals surface area contributed by atoms with Gasteiger partial charge in [0.2, 0.25) is 0 Å². The number of halogens is 2. The van der Waals surface area contributed by atoms with E-state index in [1.165, 1.54) is 23.9 Å². The highest BCUT2D eigenvalue weighted by Gasteiger charge is 2.26. The van der Waals surface area contributed by atoms with Gasteiger partial charge < -0.3 is 15.0 Å². The van der Waals surface area contributed by atoms with Gasteiger partial charge in [-0.3, -0.25) is 4.79 Å². The molecule has 5 nitrogen and oxygen atoms in total. The summed E-state index contributed by atoms with van der Waals surface area (Å²) in [5, 5.41) is 3.25. The number of hydrogen-bond acceptors (Lipinski definition) is 5. The minimum atomic E-state index is -0.488. The number of pyridine rings is 1. The van der Waals surface area contributed by atoms with Gasteiger partial charge in [-0.25, -0.2) is 13.8 Å². The van der Waals surface area contributed by atoms with Crippen molar-refractivity contribution < 1.29 is 18.3 Å². The first-order chi connectivity index (χ1) is 13.5. The molecule has 0 aliphatic carbocycles. The Balaban J connectivity index is 1.88. The number of benzene rings is 1. The number of nitrogens with one attached hydrogen (secondary N) is 1. The van der Waals surface area contributed by atoms with Crippen molar-refractivity contribution >= 4 is 23.5 Å². The van der Waals surface area contributed by atoms with Crippen molar-refractivity contribution in [1.82, 2.24) is 10.3 Å². The van der Waals surface area contributed by atoms with Gasteiger partial charge >= 0.3 is 0 Å². The fraction of sp³-hybridized carbons (Fsp3) is 0.400. The van der Waals surface area contributed by atoms with E-state index in [0.29, 0.717) is 42.6 Å². The Hall–Kier alpha value is -2.19. The van der Waals surface area contributed by atoms with Crippen LogP contribution in [0.3, 0.4) is 0 Å². The van der Waals surface area contributed by atoms with E-state index >= 15 is 4.39 Å². The third kappa shape index (κ3) is 4.62. The van der Waals surface area contributed by atoms with Crippen LogP contribution < -0.4 is 10.2 Å². The van der Waals surface area contributed by atoms with E-state index in [4.69, 9.17) is 4.74 Å². The van der Waals surface area contributed by atoms with Crippen LogP contribution in [-0.4, -0.2) is 42.9 Å². The molecule has 0 unspecified atom stereocenters. The average molecular weight is 407 g/mol. The number of nitrogens with zero attached hydrogens (tertiary/aromatic N) is 2. The van der Waals surface area contributed by atoms with E-state index in [-0.39, 0.29) is 29.3 Å². The summed E-state index contributed by atoms with van der Waals surface area (Å²) in [6, 6.07) is 6.00. The van der Waals surface area contributed by atoms with E-state index in [1.807, 2.05) is 11.8 Å². The summed E-state index contributed by atoms with van der Waals surface area (Å²) in [7, 11) is 0. The summed E-state index contributed by atoms with van der Waals surface area (Å²) in [4.78, 5) is 19.1. The first-order valence-electron chi connectivity index (χ1n) is 9.19. The van der Waals surface area contributed by atoms with Crippen LogP contribution in [0.1, 0.15) is 28.4 Å². The topological polar surface area (TPSA) is 54.5 Å². The molecule has 1 saturated heterocycles. The number of rotatable bonds is 6. The summed E-state index contributed by atoms with van der Waals surface area (Å²) in [5.74, 6) is -0.313. The standard InChI is InChI=1S/C20H23F2N3O2S/c1-3-28-20-16(19(26)23-12-14-5-4-6-15(21)11-14)13(2)17(22)18(24-20)25-7-9-27-10-8-25/h4-6,11H,3,7-10,12H2,1-2H3,(H,23,26). The zero-order valence-electron chi connectivity index (χ0n) is 15.9. The largest absolute Gasteiger partial charge is 0.378 e. The first-order valence-corrected chi connectivity index (χ1v) is 10.2. The van der Waals surface area contributed by atoms with Crippen molar-refractivity contribution in [3.8, 4) is 0 Å². The summed E-state index contributed by atoms with van der Waals surface area (Å²) in [5.41, 5.74) is 1.14. The van der Waals surface area contributed by atoms with Crippen molar-refractivity contribution in [1.29, 1.82) is 0 Å². The molecule has 0 radical (unpaired) electrons. The van der Waals surface area contributed by atoms with Crippen LogP contribution in [0.5, 0.6) is 0 Å². The highest BCUT2D eigenvalue weighted by Crippen LogP contribution is 2.31. The van der Waals surface area contributed by atoms with E-state index in [9.17, 15) is 9.18 Å². The molecule has 1 fully saturated rings. The lowest BCUT2D eigenvalue weighted by molar-refractivity contribution is 0.0945. The highest BCUT2D eigenvalue weighted by molar-refractivity contribution is 7.99. The van der Waals surface area contributed by atoms with Gasteiger partial charge in [0.1, 0.15) is 10.8 Å². The predicted molar refractivity (Wildman–Crippen MR) is 106 cm³/mol. The van der Waals surface area contributed by atoms with Gasteiger partial charge in [0.05, 0.1) is 18.8 Å². The number of carbonyl (C=O) groups excluding carboxylic acids is 1. The van der Waals surface area contributed by atoms with Crippen molar-refractivity contribution in [2.24, 2.45) is 0 Å². The summed E-state index contributed by atoms with van der Waals surface area (Å²) >= 11 is 1.40. The van der Waals surface area contributed by atoms with Crippen molar-refractivity contribution in [2.45, 2.75) is 25.4 Å². The predicted octanol–water partition coefficient (Wildman–Crippen LogP) is 3.55. The third-order valence-corrected chi connectivity index (χ3v) is 5.34. The first kappa shape index (κ1) is 20.5. The molecule has 8 heteroatoms. The Kier molecular flexibility index (Phi) is 6.85. The van der Waals surface area contributed by atoms with Crippen molar-refractivity contribution in [3.05, 3.63) is 52.6 Å². The van der Waals surface area contributed by atoms with E-state index in [1.54, 1.807) is 19.1 Å². The van der Waals surface area contributed by atoms with Gasteiger partial charge in [-0.05, 0) is 30.4 Å². The smallest absolute Gasteiger partial charge is 0.254 e. The maximum absolute atomic E-state index is 15.1. The van der Waals surface area contributed by atoms with Gasteiger partial charge in [-0.2, -0.15) is 0 Å². The molecule has 1 aromatic heterocycles. The number of thioether (sulfide) groups is 1. The lowest BCUT2D eigenvalue weighted by Gasteiger charge is -2.29. The zero-order chi connectivity index (χ0) is 20.1. The zero-order valence-corrected chi connectivity index (χ0v) is 16.7. The number of ether oxygens (including phenoxy) is 1. The second-order valence-corrected chi connectivity index (χ2v) is 7.65. The Bertz CT molecular complexity index is 858. The molecule has 1 aliphatic heterocycles. The lowest BCUT2D eigenvalue weighted by Crippen LogP contribution is -2.38. The van der Waals surface area contributed by atoms with Crippen LogP contribution in [0.15, 0.2) is 29.3 Å². The molecule has 28 heavy (non-hydrogen) atoms. The molecule has 1 N–H and O–H groups in total. The minimum absolute atomic E-state index is 0.152. The molecule has 2 aromatic rings. The average Bonchev–Trinajstić information content (AvgIpc) is 2.70. The van der Waals surface area contributed by atoms with Gasteiger partial charge in [-0.15, -0.1) is 11.8 Å². The second-order valence-electron chi connectivity index (χ2n) is 6.40.